The first-order valence-corrected chi connectivity index (χ1v) is 7.47. The number of carbonyl (C=O) groups excluding carboxylic acids is 1. The summed E-state index contributed by atoms with van der Waals surface area (Å²) < 4.78 is 43.8. The Kier molecular flexibility index (Phi) is 4.89. The van der Waals surface area contributed by atoms with E-state index in [0.29, 0.717) is 10.8 Å². The fourth-order valence-electron chi connectivity index (χ4n) is 2.19. The average Bonchev–Trinajstić information content (AvgIpc) is 2.51. The number of halogens is 3. The summed E-state index contributed by atoms with van der Waals surface area (Å²) in [4.78, 5) is 12.2. The average molecular weight is 347 g/mol. The molecule has 6 heteroatoms. The Labute approximate surface area is 143 Å². The van der Waals surface area contributed by atoms with Crippen molar-refractivity contribution in [3.63, 3.8) is 0 Å². The summed E-state index contributed by atoms with van der Waals surface area (Å²) in [6, 6.07) is 11.3. The Hall–Kier alpha value is -2.81. The van der Waals surface area contributed by atoms with Crippen LogP contribution < -0.4 is 4.74 Å². The lowest BCUT2D eigenvalue weighted by Gasteiger charge is -2.19. The van der Waals surface area contributed by atoms with Crippen LogP contribution in [0.2, 0.25) is 0 Å². The summed E-state index contributed by atoms with van der Waals surface area (Å²) in [5.41, 5.74) is -1.50. The number of fused-ring (bicyclic) bond motifs is 1. The minimum absolute atomic E-state index is 0.0458. The first-order chi connectivity index (χ1) is 11.5. The van der Waals surface area contributed by atoms with Gasteiger partial charge in [-0.3, -0.25) is 4.79 Å². The number of rotatable bonds is 2. The molecule has 0 aliphatic rings. The van der Waals surface area contributed by atoms with Gasteiger partial charge < -0.3 is 4.74 Å². The molecule has 0 bridgehead atoms. The molecule has 0 aliphatic heterocycles. The second-order valence-corrected chi connectivity index (χ2v) is 6.51. The number of hydrogen-bond donors (Lipinski definition) is 0. The Morgan fingerprint density at radius 3 is 2.32 bits per heavy atom. The monoisotopic (exact) mass is 347 g/mol. The van der Waals surface area contributed by atoms with Crippen molar-refractivity contribution in [1.82, 2.24) is 0 Å². The van der Waals surface area contributed by atoms with Gasteiger partial charge in [-0.1, -0.05) is 30.3 Å². The molecule has 130 valence electrons. The van der Waals surface area contributed by atoms with E-state index in [2.05, 4.69) is 0 Å². The third kappa shape index (κ3) is 4.38. The van der Waals surface area contributed by atoms with Gasteiger partial charge >= 0.3 is 12.1 Å². The Bertz CT molecular complexity index is 884. The van der Waals surface area contributed by atoms with Crippen LogP contribution in [-0.4, -0.2) is 12.1 Å². The Morgan fingerprint density at radius 2 is 1.76 bits per heavy atom. The third-order valence-electron chi connectivity index (χ3n) is 3.40. The standard InChI is InChI=1S/C19H16F3NO2/c1-18(2,3)17(24)25-15-9-8-12-6-4-5-7-14(12)16(15)13(11-23)10-19(20,21)22/h4-10H,1-3H3/b13-10-. The lowest BCUT2D eigenvalue weighted by atomic mass is 9.95. The van der Waals surface area contributed by atoms with E-state index in [4.69, 9.17) is 4.74 Å². The summed E-state index contributed by atoms with van der Waals surface area (Å²) in [7, 11) is 0. The fraction of sp³-hybridized carbons (Fsp3) is 0.263. The molecular weight excluding hydrogens is 331 g/mol. The summed E-state index contributed by atoms with van der Waals surface area (Å²) in [6.45, 7) is 4.90. The number of esters is 1. The van der Waals surface area contributed by atoms with Gasteiger partial charge in [-0.05, 0) is 37.6 Å². The predicted molar refractivity (Wildman–Crippen MR) is 88.7 cm³/mol. The van der Waals surface area contributed by atoms with Crippen LogP contribution >= 0.6 is 0 Å². The van der Waals surface area contributed by atoms with Gasteiger partial charge in [-0.2, -0.15) is 18.4 Å². The second kappa shape index (κ2) is 6.60. The highest BCUT2D eigenvalue weighted by molar-refractivity contribution is 6.00. The molecule has 2 aromatic carbocycles. The van der Waals surface area contributed by atoms with Crippen LogP contribution in [0.5, 0.6) is 5.75 Å². The zero-order chi connectivity index (χ0) is 18.8. The molecular formula is C19H16F3NO2. The molecule has 0 fully saturated rings. The van der Waals surface area contributed by atoms with Crippen LogP contribution in [0, 0.1) is 16.7 Å². The minimum Gasteiger partial charge on any atom is -0.425 e. The van der Waals surface area contributed by atoms with E-state index in [9.17, 15) is 23.2 Å². The highest BCUT2D eigenvalue weighted by Gasteiger charge is 2.29. The van der Waals surface area contributed by atoms with Crippen molar-refractivity contribution in [1.29, 1.82) is 5.26 Å². The number of hydrogen-bond acceptors (Lipinski definition) is 3. The second-order valence-electron chi connectivity index (χ2n) is 6.51. The number of allylic oxidation sites excluding steroid dienone is 2. The molecule has 0 N–H and O–H groups in total. The number of nitrogens with zero attached hydrogens (tertiary/aromatic N) is 1. The van der Waals surface area contributed by atoms with E-state index >= 15 is 0 Å². The summed E-state index contributed by atoms with van der Waals surface area (Å²) in [6.07, 6.45) is -4.75. The Morgan fingerprint density at radius 1 is 1.12 bits per heavy atom. The molecule has 0 atom stereocenters. The maximum Gasteiger partial charge on any atom is 0.411 e. The van der Waals surface area contributed by atoms with E-state index in [-0.39, 0.29) is 17.4 Å². The topological polar surface area (TPSA) is 50.1 Å². The van der Waals surface area contributed by atoms with Crippen LogP contribution in [-0.2, 0) is 4.79 Å². The molecule has 0 aromatic heterocycles. The zero-order valence-corrected chi connectivity index (χ0v) is 13.9. The highest BCUT2D eigenvalue weighted by atomic mass is 19.4. The maximum atomic E-state index is 12.8. The van der Waals surface area contributed by atoms with E-state index in [1.54, 1.807) is 57.2 Å². The van der Waals surface area contributed by atoms with E-state index < -0.39 is 23.1 Å². The molecule has 0 amide bonds. The van der Waals surface area contributed by atoms with Crippen LogP contribution in [0.3, 0.4) is 0 Å². The Balaban J connectivity index is 2.73. The van der Waals surface area contributed by atoms with Crippen molar-refractivity contribution in [2.45, 2.75) is 26.9 Å². The SMILES string of the molecule is CC(C)(C)C(=O)Oc1ccc2ccccc2c1/C(C#N)=C\C(F)(F)F. The molecule has 2 aromatic rings. The third-order valence-corrected chi connectivity index (χ3v) is 3.40. The molecule has 0 aliphatic carbocycles. The van der Waals surface area contributed by atoms with Crippen molar-refractivity contribution >= 4 is 22.3 Å². The lowest BCUT2D eigenvalue weighted by molar-refractivity contribution is -0.143. The van der Waals surface area contributed by atoms with Gasteiger partial charge in [0.2, 0.25) is 0 Å². The lowest BCUT2D eigenvalue weighted by Crippen LogP contribution is -2.26. The molecule has 0 radical (unpaired) electrons. The minimum atomic E-state index is -4.67. The molecule has 0 saturated heterocycles. The van der Waals surface area contributed by atoms with Gasteiger partial charge in [-0.15, -0.1) is 0 Å². The molecule has 2 rings (SSSR count). The number of benzene rings is 2. The van der Waals surface area contributed by atoms with Crippen molar-refractivity contribution in [3.05, 3.63) is 48.0 Å². The molecule has 25 heavy (non-hydrogen) atoms. The summed E-state index contributed by atoms with van der Waals surface area (Å²) in [5.74, 6) is -0.677. The maximum absolute atomic E-state index is 12.8. The number of ether oxygens (including phenoxy) is 1. The normalized spacial score (nSPS) is 12.8. The highest BCUT2D eigenvalue weighted by Crippen LogP contribution is 2.36. The molecule has 0 spiro atoms. The number of carbonyl (C=O) groups is 1. The van der Waals surface area contributed by atoms with E-state index in [0.717, 1.165) is 0 Å². The quantitative estimate of drug-likeness (QED) is 0.423. The van der Waals surface area contributed by atoms with Crippen molar-refractivity contribution in [2.75, 3.05) is 0 Å². The molecule has 0 heterocycles. The first kappa shape index (κ1) is 18.5. The van der Waals surface area contributed by atoms with Crippen molar-refractivity contribution in [2.24, 2.45) is 5.41 Å². The van der Waals surface area contributed by atoms with E-state index in [1.165, 1.54) is 6.07 Å². The largest absolute Gasteiger partial charge is 0.425 e. The number of nitriles is 1. The molecule has 3 nitrogen and oxygen atoms in total. The summed E-state index contributed by atoms with van der Waals surface area (Å²) in [5, 5.41) is 10.3. The van der Waals surface area contributed by atoms with Gasteiger partial charge in [0.15, 0.2) is 0 Å². The summed E-state index contributed by atoms with van der Waals surface area (Å²) >= 11 is 0. The molecule has 0 unspecified atom stereocenters. The number of alkyl halides is 3. The predicted octanol–water partition coefficient (Wildman–Crippen LogP) is 5.26. The van der Waals surface area contributed by atoms with Crippen LogP contribution in [0.25, 0.3) is 16.3 Å². The zero-order valence-electron chi connectivity index (χ0n) is 13.9. The van der Waals surface area contributed by atoms with Crippen molar-refractivity contribution in [3.8, 4) is 11.8 Å². The first-order valence-electron chi connectivity index (χ1n) is 7.47. The van der Waals surface area contributed by atoms with Gasteiger partial charge in [0, 0.05) is 11.6 Å². The van der Waals surface area contributed by atoms with Crippen molar-refractivity contribution < 1.29 is 22.7 Å². The molecule has 0 saturated carbocycles. The fourth-order valence-corrected chi connectivity index (χ4v) is 2.19. The van der Waals surface area contributed by atoms with Gasteiger partial charge in [-0.25, -0.2) is 0 Å². The van der Waals surface area contributed by atoms with Crippen LogP contribution in [0.15, 0.2) is 42.5 Å². The van der Waals surface area contributed by atoms with Gasteiger partial charge in [0.1, 0.15) is 5.75 Å². The van der Waals surface area contributed by atoms with E-state index in [1.807, 2.05) is 0 Å². The van der Waals surface area contributed by atoms with Crippen LogP contribution in [0.4, 0.5) is 13.2 Å². The van der Waals surface area contributed by atoms with Gasteiger partial charge in [0.05, 0.1) is 17.1 Å². The van der Waals surface area contributed by atoms with Gasteiger partial charge in [0.25, 0.3) is 0 Å². The smallest absolute Gasteiger partial charge is 0.411 e. The van der Waals surface area contributed by atoms with Crippen LogP contribution in [0.1, 0.15) is 26.3 Å².